The first-order chi connectivity index (χ1) is 15.0. The minimum absolute atomic E-state index is 0.581. The molecule has 2 aromatic heterocycles. The minimum Gasteiger partial charge on any atom is -0.496 e. The standard InChI is InChI=1S/C22H20F3N5O/c1-31-17-7-3-6-16-18(17)19-20(28-16)21(27-13-26-19)30-10-8-29(9-11-30)15-5-2-4-14(12-15)22(23,24)25/h2-7,12-13,28H,8-11H2,1H3. The number of H-pyrrole nitrogens is 1. The Balaban J connectivity index is 1.42. The van der Waals surface area contributed by atoms with Gasteiger partial charge >= 0.3 is 6.18 Å². The highest BCUT2D eigenvalue weighted by Gasteiger charge is 2.31. The summed E-state index contributed by atoms with van der Waals surface area (Å²) in [6.07, 6.45) is -2.81. The lowest BCUT2D eigenvalue weighted by atomic mass is 10.1. The molecule has 0 atom stereocenters. The summed E-state index contributed by atoms with van der Waals surface area (Å²) in [5.74, 6) is 1.52. The summed E-state index contributed by atoms with van der Waals surface area (Å²) in [5, 5.41) is 0.909. The summed E-state index contributed by atoms with van der Waals surface area (Å²) in [7, 11) is 1.63. The highest BCUT2D eigenvalue weighted by atomic mass is 19.4. The second-order valence-electron chi connectivity index (χ2n) is 7.45. The van der Waals surface area contributed by atoms with Gasteiger partial charge in [-0.2, -0.15) is 13.2 Å². The van der Waals surface area contributed by atoms with Crippen LogP contribution < -0.4 is 14.5 Å². The van der Waals surface area contributed by atoms with Gasteiger partial charge in [-0.05, 0) is 30.3 Å². The summed E-state index contributed by atoms with van der Waals surface area (Å²) in [5.41, 5.74) is 2.49. The third kappa shape index (κ3) is 3.39. The van der Waals surface area contributed by atoms with E-state index in [0.717, 1.165) is 39.6 Å². The van der Waals surface area contributed by atoms with Crippen LogP contribution in [0.25, 0.3) is 21.9 Å². The normalized spacial score (nSPS) is 15.1. The van der Waals surface area contributed by atoms with Gasteiger partial charge < -0.3 is 19.5 Å². The Morgan fingerprint density at radius 3 is 2.45 bits per heavy atom. The summed E-state index contributed by atoms with van der Waals surface area (Å²) < 4.78 is 44.7. The molecular weight excluding hydrogens is 407 g/mol. The average Bonchev–Trinajstić information content (AvgIpc) is 3.18. The Labute approximate surface area is 176 Å². The van der Waals surface area contributed by atoms with Crippen molar-refractivity contribution in [1.29, 1.82) is 0 Å². The van der Waals surface area contributed by atoms with Gasteiger partial charge in [0.15, 0.2) is 5.82 Å². The molecule has 9 heteroatoms. The van der Waals surface area contributed by atoms with E-state index in [1.54, 1.807) is 13.2 Å². The van der Waals surface area contributed by atoms with Crippen LogP contribution >= 0.6 is 0 Å². The number of nitrogens with zero attached hydrogens (tertiary/aromatic N) is 4. The number of hydrogen-bond acceptors (Lipinski definition) is 5. The van der Waals surface area contributed by atoms with E-state index in [0.29, 0.717) is 31.9 Å². The number of halogens is 3. The third-order valence-corrected chi connectivity index (χ3v) is 5.69. The van der Waals surface area contributed by atoms with Crippen molar-refractivity contribution in [3.05, 3.63) is 54.4 Å². The Hall–Kier alpha value is -3.49. The molecule has 1 aliphatic heterocycles. The largest absolute Gasteiger partial charge is 0.496 e. The van der Waals surface area contributed by atoms with Crippen molar-refractivity contribution >= 4 is 33.4 Å². The van der Waals surface area contributed by atoms with Gasteiger partial charge in [-0.3, -0.25) is 0 Å². The monoisotopic (exact) mass is 427 g/mol. The fraction of sp³-hybridized carbons (Fsp3) is 0.273. The molecule has 0 bridgehead atoms. The van der Waals surface area contributed by atoms with Crippen molar-refractivity contribution in [3.8, 4) is 5.75 Å². The van der Waals surface area contributed by atoms with Crippen LogP contribution in [0.5, 0.6) is 5.75 Å². The molecule has 31 heavy (non-hydrogen) atoms. The summed E-state index contributed by atoms with van der Waals surface area (Å²) >= 11 is 0. The first-order valence-corrected chi connectivity index (χ1v) is 9.92. The molecule has 0 aliphatic carbocycles. The lowest BCUT2D eigenvalue weighted by molar-refractivity contribution is -0.137. The number of piperazine rings is 1. The molecule has 0 amide bonds. The van der Waals surface area contributed by atoms with Gasteiger partial charge in [0.05, 0.1) is 23.6 Å². The molecule has 0 spiro atoms. The zero-order valence-electron chi connectivity index (χ0n) is 16.8. The molecule has 6 nitrogen and oxygen atoms in total. The van der Waals surface area contributed by atoms with Crippen LogP contribution in [0, 0.1) is 0 Å². The molecule has 5 rings (SSSR count). The smallest absolute Gasteiger partial charge is 0.416 e. The van der Waals surface area contributed by atoms with Crippen LogP contribution in [0.15, 0.2) is 48.8 Å². The maximum atomic E-state index is 13.1. The summed E-state index contributed by atoms with van der Waals surface area (Å²) in [6.45, 7) is 2.45. The molecule has 3 heterocycles. The van der Waals surface area contributed by atoms with Crippen molar-refractivity contribution in [1.82, 2.24) is 15.0 Å². The molecule has 0 radical (unpaired) electrons. The number of aromatic nitrogens is 3. The second kappa shape index (κ2) is 7.33. The van der Waals surface area contributed by atoms with E-state index in [4.69, 9.17) is 4.74 Å². The topological polar surface area (TPSA) is 57.3 Å². The van der Waals surface area contributed by atoms with Crippen LogP contribution in [-0.2, 0) is 6.18 Å². The number of benzene rings is 2. The van der Waals surface area contributed by atoms with Gasteiger partial charge in [-0.25, -0.2) is 9.97 Å². The van der Waals surface area contributed by atoms with Crippen LogP contribution in [0.3, 0.4) is 0 Å². The van der Waals surface area contributed by atoms with E-state index < -0.39 is 11.7 Å². The van der Waals surface area contributed by atoms with Crippen LogP contribution in [0.1, 0.15) is 5.56 Å². The number of hydrogen-bond donors (Lipinski definition) is 1. The van der Waals surface area contributed by atoms with E-state index in [1.807, 2.05) is 23.1 Å². The zero-order valence-corrected chi connectivity index (χ0v) is 16.8. The van der Waals surface area contributed by atoms with Crippen LogP contribution in [0.4, 0.5) is 24.7 Å². The van der Waals surface area contributed by atoms with Gasteiger partial charge in [0.2, 0.25) is 0 Å². The number of alkyl halides is 3. The average molecular weight is 427 g/mol. The maximum absolute atomic E-state index is 13.1. The first kappa shape index (κ1) is 19.5. The molecule has 1 N–H and O–H groups in total. The van der Waals surface area contributed by atoms with Gasteiger partial charge in [-0.1, -0.05) is 12.1 Å². The highest BCUT2D eigenvalue weighted by molar-refractivity contribution is 6.11. The minimum atomic E-state index is -4.35. The fourth-order valence-electron chi connectivity index (χ4n) is 4.16. The van der Waals surface area contributed by atoms with Gasteiger partial charge in [0.25, 0.3) is 0 Å². The molecule has 2 aromatic carbocycles. The Morgan fingerprint density at radius 1 is 0.968 bits per heavy atom. The number of anilines is 2. The SMILES string of the molecule is COc1cccc2[nH]c3c(N4CCN(c5cccc(C(F)(F)F)c5)CC4)ncnc3c12. The lowest BCUT2D eigenvalue weighted by Crippen LogP contribution is -2.47. The van der Waals surface area contributed by atoms with Gasteiger partial charge in [-0.15, -0.1) is 0 Å². The molecule has 0 saturated carbocycles. The van der Waals surface area contributed by atoms with Crippen molar-refractivity contribution in [2.75, 3.05) is 43.1 Å². The number of rotatable bonds is 3. The van der Waals surface area contributed by atoms with Crippen molar-refractivity contribution in [2.45, 2.75) is 6.18 Å². The van der Waals surface area contributed by atoms with E-state index in [1.165, 1.54) is 18.5 Å². The van der Waals surface area contributed by atoms with Crippen molar-refractivity contribution < 1.29 is 17.9 Å². The predicted octanol–water partition coefficient (Wildman–Crippen LogP) is 4.47. The van der Waals surface area contributed by atoms with Crippen molar-refractivity contribution in [3.63, 3.8) is 0 Å². The second-order valence-corrected chi connectivity index (χ2v) is 7.45. The summed E-state index contributed by atoms with van der Waals surface area (Å²) in [4.78, 5) is 16.5. The van der Waals surface area contributed by atoms with Gasteiger partial charge in [0, 0.05) is 31.9 Å². The van der Waals surface area contributed by atoms with Crippen LogP contribution in [0.2, 0.25) is 0 Å². The molecule has 1 fully saturated rings. The highest BCUT2D eigenvalue weighted by Crippen LogP contribution is 2.35. The molecule has 0 unspecified atom stereocenters. The number of aromatic amines is 1. The zero-order chi connectivity index (χ0) is 21.6. The van der Waals surface area contributed by atoms with E-state index in [-0.39, 0.29) is 0 Å². The predicted molar refractivity (Wildman–Crippen MR) is 114 cm³/mol. The van der Waals surface area contributed by atoms with E-state index in [2.05, 4.69) is 19.9 Å². The van der Waals surface area contributed by atoms with Crippen molar-refractivity contribution in [2.24, 2.45) is 0 Å². The number of methoxy groups -OCH3 is 1. The molecule has 1 saturated heterocycles. The van der Waals surface area contributed by atoms with Gasteiger partial charge in [0.1, 0.15) is 23.1 Å². The molecular formula is C22H20F3N5O. The third-order valence-electron chi connectivity index (χ3n) is 5.69. The van der Waals surface area contributed by atoms with E-state index >= 15 is 0 Å². The Morgan fingerprint density at radius 2 is 1.71 bits per heavy atom. The molecule has 1 aliphatic rings. The Kier molecular flexibility index (Phi) is 4.60. The molecule has 160 valence electrons. The van der Waals surface area contributed by atoms with Crippen LogP contribution in [-0.4, -0.2) is 48.2 Å². The quantitative estimate of drug-likeness (QED) is 0.523. The Bertz CT molecular complexity index is 1250. The number of nitrogens with one attached hydrogen (secondary N) is 1. The number of fused-ring (bicyclic) bond motifs is 3. The summed E-state index contributed by atoms with van der Waals surface area (Å²) in [6, 6.07) is 11.3. The maximum Gasteiger partial charge on any atom is 0.416 e. The number of ether oxygens (including phenoxy) is 1. The lowest BCUT2D eigenvalue weighted by Gasteiger charge is -2.37. The first-order valence-electron chi connectivity index (χ1n) is 9.92. The molecule has 4 aromatic rings. The fourth-order valence-corrected chi connectivity index (χ4v) is 4.16. The van der Waals surface area contributed by atoms with E-state index in [9.17, 15) is 13.2 Å².